The first-order valence-corrected chi connectivity index (χ1v) is 8.23. The molecule has 0 aliphatic carbocycles. The summed E-state index contributed by atoms with van der Waals surface area (Å²) >= 11 is 0. The van der Waals surface area contributed by atoms with E-state index < -0.39 is 0 Å². The normalized spacial score (nSPS) is 23.5. The van der Waals surface area contributed by atoms with Crippen molar-refractivity contribution in [3.8, 4) is 0 Å². The van der Waals surface area contributed by atoms with Crippen LogP contribution in [0.5, 0.6) is 0 Å². The standard InChI is InChI=1S/C18H22N4O/c1-21-12-14(11-19-21)13-22-9-7-18(8-10-22)16(20-17(18)23)15-5-3-2-4-6-15/h2-6,11-12,16H,7-10,13H2,1H3,(H,20,23)/t16-/m1/s1. The van der Waals surface area contributed by atoms with Crippen molar-refractivity contribution >= 4 is 5.91 Å². The Morgan fingerprint density at radius 3 is 2.61 bits per heavy atom. The maximum absolute atomic E-state index is 12.3. The van der Waals surface area contributed by atoms with E-state index in [-0.39, 0.29) is 17.4 Å². The van der Waals surface area contributed by atoms with Crippen LogP contribution in [-0.2, 0) is 18.4 Å². The molecule has 1 N–H and O–H groups in total. The lowest BCUT2D eigenvalue weighted by atomic mass is 9.64. The molecule has 3 heterocycles. The number of amides is 1. The first-order valence-electron chi connectivity index (χ1n) is 8.23. The Labute approximate surface area is 136 Å². The molecule has 0 saturated carbocycles. The van der Waals surface area contributed by atoms with Crippen molar-refractivity contribution in [2.75, 3.05) is 13.1 Å². The minimum Gasteiger partial charge on any atom is -0.348 e. The molecule has 1 atom stereocenters. The topological polar surface area (TPSA) is 50.2 Å². The molecule has 2 aromatic rings. The number of carbonyl (C=O) groups excluding carboxylic acids is 1. The molecule has 4 rings (SSSR count). The molecule has 2 saturated heterocycles. The molecule has 23 heavy (non-hydrogen) atoms. The average molecular weight is 310 g/mol. The number of rotatable bonds is 3. The first kappa shape index (κ1) is 14.5. The van der Waals surface area contributed by atoms with Crippen LogP contribution >= 0.6 is 0 Å². The molecule has 5 nitrogen and oxygen atoms in total. The van der Waals surface area contributed by atoms with E-state index in [2.05, 4.69) is 33.6 Å². The van der Waals surface area contributed by atoms with Crippen LogP contribution in [0, 0.1) is 5.41 Å². The van der Waals surface area contributed by atoms with Gasteiger partial charge in [0.1, 0.15) is 0 Å². The second-order valence-electron chi connectivity index (χ2n) is 6.77. The Balaban J connectivity index is 1.44. The number of likely N-dealkylation sites (tertiary alicyclic amines) is 1. The van der Waals surface area contributed by atoms with E-state index in [0.29, 0.717) is 0 Å². The molecular formula is C18H22N4O. The summed E-state index contributed by atoms with van der Waals surface area (Å²) in [7, 11) is 1.94. The molecule has 2 aliphatic heterocycles. The largest absolute Gasteiger partial charge is 0.348 e. The van der Waals surface area contributed by atoms with E-state index >= 15 is 0 Å². The quantitative estimate of drug-likeness (QED) is 0.881. The Morgan fingerprint density at radius 2 is 2.00 bits per heavy atom. The highest BCUT2D eigenvalue weighted by Gasteiger charge is 2.56. The Hall–Kier alpha value is -2.14. The van der Waals surface area contributed by atoms with E-state index in [1.807, 2.05) is 36.1 Å². The van der Waals surface area contributed by atoms with Gasteiger partial charge in [-0.05, 0) is 31.5 Å². The van der Waals surface area contributed by atoms with Crippen LogP contribution < -0.4 is 5.32 Å². The number of aryl methyl sites for hydroxylation is 1. The van der Waals surface area contributed by atoms with Gasteiger partial charge in [-0.2, -0.15) is 5.10 Å². The summed E-state index contributed by atoms with van der Waals surface area (Å²) in [4.78, 5) is 14.7. The molecule has 0 unspecified atom stereocenters. The lowest BCUT2D eigenvalue weighted by molar-refractivity contribution is -0.151. The SMILES string of the molecule is Cn1cc(CN2CCC3(CC2)C(=O)N[C@@H]3c2ccccc2)cn1. The van der Waals surface area contributed by atoms with Gasteiger partial charge in [0.15, 0.2) is 0 Å². The van der Waals surface area contributed by atoms with Crippen LogP contribution in [-0.4, -0.2) is 33.7 Å². The average Bonchev–Trinajstić information content (AvgIpc) is 2.99. The molecule has 1 amide bonds. The van der Waals surface area contributed by atoms with Crippen LogP contribution in [0.25, 0.3) is 0 Å². The smallest absolute Gasteiger partial charge is 0.229 e. The van der Waals surface area contributed by atoms with Crippen molar-refractivity contribution in [1.82, 2.24) is 20.0 Å². The zero-order valence-electron chi connectivity index (χ0n) is 13.4. The highest BCUT2D eigenvalue weighted by Crippen LogP contribution is 2.49. The van der Waals surface area contributed by atoms with Gasteiger partial charge in [0.05, 0.1) is 17.7 Å². The summed E-state index contributed by atoms with van der Waals surface area (Å²) < 4.78 is 1.84. The van der Waals surface area contributed by atoms with Gasteiger partial charge in [-0.25, -0.2) is 0 Å². The summed E-state index contributed by atoms with van der Waals surface area (Å²) in [6, 6.07) is 10.5. The third-order valence-corrected chi connectivity index (χ3v) is 5.33. The van der Waals surface area contributed by atoms with E-state index in [9.17, 15) is 4.79 Å². The number of aromatic nitrogens is 2. The zero-order chi connectivity index (χ0) is 15.9. The van der Waals surface area contributed by atoms with Gasteiger partial charge in [0.2, 0.25) is 5.91 Å². The third-order valence-electron chi connectivity index (χ3n) is 5.33. The number of benzene rings is 1. The second-order valence-corrected chi connectivity index (χ2v) is 6.77. The maximum Gasteiger partial charge on any atom is 0.229 e. The number of carbonyl (C=O) groups is 1. The van der Waals surface area contributed by atoms with Crippen molar-refractivity contribution in [3.05, 3.63) is 53.9 Å². The molecule has 1 aromatic heterocycles. The van der Waals surface area contributed by atoms with Gasteiger partial charge in [0.25, 0.3) is 0 Å². The van der Waals surface area contributed by atoms with Crippen molar-refractivity contribution < 1.29 is 4.79 Å². The Kier molecular flexibility index (Phi) is 3.45. The summed E-state index contributed by atoms with van der Waals surface area (Å²) in [5.74, 6) is 0.229. The number of hydrogen-bond donors (Lipinski definition) is 1. The van der Waals surface area contributed by atoms with Crippen LogP contribution in [0.4, 0.5) is 0 Å². The summed E-state index contributed by atoms with van der Waals surface area (Å²) in [5, 5.41) is 7.34. The lowest BCUT2D eigenvalue weighted by Gasteiger charge is -2.52. The van der Waals surface area contributed by atoms with Crippen molar-refractivity contribution in [2.24, 2.45) is 12.5 Å². The number of nitrogens with one attached hydrogen (secondary N) is 1. The molecule has 0 radical (unpaired) electrons. The van der Waals surface area contributed by atoms with E-state index in [0.717, 1.165) is 32.5 Å². The van der Waals surface area contributed by atoms with E-state index in [1.165, 1.54) is 11.1 Å². The minimum absolute atomic E-state index is 0.178. The fourth-order valence-corrected chi connectivity index (χ4v) is 3.95. The number of piperidine rings is 1. The molecule has 5 heteroatoms. The number of β-lactam (4-membered cyclic amide) rings is 1. The fourth-order valence-electron chi connectivity index (χ4n) is 3.95. The fraction of sp³-hybridized carbons (Fsp3) is 0.444. The van der Waals surface area contributed by atoms with Crippen LogP contribution in [0.2, 0.25) is 0 Å². The molecule has 0 bridgehead atoms. The predicted octanol–water partition coefficient (Wildman–Crippen LogP) is 1.87. The summed E-state index contributed by atoms with van der Waals surface area (Å²) in [5.41, 5.74) is 2.27. The van der Waals surface area contributed by atoms with Crippen molar-refractivity contribution in [3.63, 3.8) is 0 Å². The van der Waals surface area contributed by atoms with Gasteiger partial charge in [-0.15, -0.1) is 0 Å². The van der Waals surface area contributed by atoms with Crippen molar-refractivity contribution in [1.29, 1.82) is 0 Å². The van der Waals surface area contributed by atoms with Gasteiger partial charge in [0, 0.05) is 25.4 Å². The predicted molar refractivity (Wildman–Crippen MR) is 87.5 cm³/mol. The van der Waals surface area contributed by atoms with Gasteiger partial charge < -0.3 is 5.32 Å². The Morgan fingerprint density at radius 1 is 1.26 bits per heavy atom. The maximum atomic E-state index is 12.3. The number of hydrogen-bond acceptors (Lipinski definition) is 3. The molecule has 1 spiro atoms. The third kappa shape index (κ3) is 2.45. The number of nitrogens with zero attached hydrogens (tertiary/aromatic N) is 3. The second kappa shape index (κ2) is 5.49. The van der Waals surface area contributed by atoms with Gasteiger partial charge in [-0.3, -0.25) is 14.4 Å². The highest BCUT2D eigenvalue weighted by molar-refractivity contribution is 5.90. The highest BCUT2D eigenvalue weighted by atomic mass is 16.2. The van der Waals surface area contributed by atoms with Crippen molar-refractivity contribution in [2.45, 2.75) is 25.4 Å². The zero-order valence-corrected chi connectivity index (χ0v) is 13.4. The van der Waals surface area contributed by atoms with E-state index in [1.54, 1.807) is 0 Å². The van der Waals surface area contributed by atoms with Crippen LogP contribution in [0.15, 0.2) is 42.7 Å². The molecule has 2 fully saturated rings. The minimum atomic E-state index is -0.202. The molecule has 120 valence electrons. The molecular weight excluding hydrogens is 288 g/mol. The van der Waals surface area contributed by atoms with Gasteiger partial charge in [-0.1, -0.05) is 30.3 Å². The first-order chi connectivity index (χ1) is 11.2. The lowest BCUT2D eigenvalue weighted by Crippen LogP contribution is -2.64. The molecule has 1 aromatic carbocycles. The monoisotopic (exact) mass is 310 g/mol. The van der Waals surface area contributed by atoms with Gasteiger partial charge >= 0.3 is 0 Å². The molecule has 2 aliphatic rings. The van der Waals surface area contributed by atoms with Crippen LogP contribution in [0.1, 0.15) is 30.0 Å². The summed E-state index contributed by atoms with van der Waals surface area (Å²) in [6.07, 6.45) is 5.84. The van der Waals surface area contributed by atoms with E-state index in [4.69, 9.17) is 0 Å². The van der Waals surface area contributed by atoms with Crippen LogP contribution in [0.3, 0.4) is 0 Å². The Bertz CT molecular complexity index is 701. The summed E-state index contributed by atoms with van der Waals surface area (Å²) in [6.45, 7) is 2.85.